The minimum Gasteiger partial charge on any atom is -0.293 e. The average Bonchev–Trinajstić information content (AvgIpc) is 2.15. The maximum atomic E-state index is 5.55. The molecule has 9 heavy (non-hydrogen) atoms. The third kappa shape index (κ3) is 2.57. The molecule has 0 spiro atoms. The molecular weight excluding hydrogens is 157 g/mol. The van der Waals surface area contributed by atoms with E-state index in [0.717, 1.165) is 19.6 Å². The highest BCUT2D eigenvalue weighted by Crippen LogP contribution is 2.07. The van der Waals surface area contributed by atoms with Crippen LogP contribution in [-0.4, -0.2) is 29.4 Å². The highest BCUT2D eigenvalue weighted by Gasteiger charge is 2.08. The summed E-state index contributed by atoms with van der Waals surface area (Å²) in [7, 11) is 0. The Labute approximate surface area is 65.2 Å². The van der Waals surface area contributed by atoms with Gasteiger partial charge in [0.05, 0.1) is 0 Å². The van der Waals surface area contributed by atoms with Crippen LogP contribution in [0.3, 0.4) is 0 Å². The van der Waals surface area contributed by atoms with Gasteiger partial charge in [0, 0.05) is 19.6 Å². The molecule has 0 saturated carbocycles. The summed E-state index contributed by atoms with van der Waals surface area (Å²) in [5.74, 6) is 0. The molecule has 0 aromatic heterocycles. The minimum atomic E-state index is -0.245. The lowest BCUT2D eigenvalue weighted by Crippen LogP contribution is -2.24. The summed E-state index contributed by atoms with van der Waals surface area (Å²) >= 11 is 11.1. The van der Waals surface area contributed by atoms with Crippen molar-refractivity contribution in [3.05, 3.63) is 12.2 Å². The molecule has 0 fully saturated rings. The second kappa shape index (κ2) is 3.45. The van der Waals surface area contributed by atoms with Crippen molar-refractivity contribution in [3.63, 3.8) is 0 Å². The minimum absolute atomic E-state index is 0.245. The van der Waals surface area contributed by atoms with Crippen molar-refractivity contribution in [1.29, 1.82) is 0 Å². The Kier molecular flexibility index (Phi) is 2.83. The molecule has 0 atom stereocenters. The van der Waals surface area contributed by atoms with E-state index in [0.29, 0.717) is 0 Å². The molecule has 0 saturated heterocycles. The zero-order chi connectivity index (χ0) is 6.69. The van der Waals surface area contributed by atoms with Crippen LogP contribution in [0.1, 0.15) is 0 Å². The SMILES string of the molecule is ClC(Cl)CN1CC=CC1. The molecule has 0 N–H and O–H groups in total. The number of alkyl halides is 2. The highest BCUT2D eigenvalue weighted by atomic mass is 35.5. The number of nitrogens with zero attached hydrogens (tertiary/aromatic N) is 1. The fourth-order valence-corrected chi connectivity index (χ4v) is 1.26. The van der Waals surface area contributed by atoms with E-state index in [1.54, 1.807) is 0 Å². The monoisotopic (exact) mass is 165 g/mol. The first-order chi connectivity index (χ1) is 4.29. The summed E-state index contributed by atoms with van der Waals surface area (Å²) < 4.78 is 0. The van der Waals surface area contributed by atoms with Crippen molar-refractivity contribution < 1.29 is 0 Å². The Balaban J connectivity index is 2.14. The molecule has 1 aliphatic rings. The van der Waals surface area contributed by atoms with Gasteiger partial charge < -0.3 is 0 Å². The van der Waals surface area contributed by atoms with Gasteiger partial charge in [-0.3, -0.25) is 4.90 Å². The first-order valence-corrected chi connectivity index (χ1v) is 3.82. The summed E-state index contributed by atoms with van der Waals surface area (Å²) in [5, 5.41) is 0. The molecule has 1 rings (SSSR count). The van der Waals surface area contributed by atoms with Gasteiger partial charge in [0.2, 0.25) is 0 Å². The van der Waals surface area contributed by atoms with Crippen molar-refractivity contribution in [2.75, 3.05) is 19.6 Å². The third-order valence-electron chi connectivity index (χ3n) is 1.29. The lowest BCUT2D eigenvalue weighted by Gasteiger charge is -2.13. The standard InChI is InChI=1S/C6H9Cl2N/c7-6(8)5-9-3-1-2-4-9/h1-2,6H,3-5H2. The number of rotatable bonds is 2. The van der Waals surface area contributed by atoms with Gasteiger partial charge in [-0.25, -0.2) is 0 Å². The largest absolute Gasteiger partial charge is 0.293 e. The predicted molar refractivity (Wildman–Crippen MR) is 41.1 cm³/mol. The molecule has 1 nitrogen and oxygen atoms in total. The van der Waals surface area contributed by atoms with E-state index in [1.165, 1.54) is 0 Å². The van der Waals surface area contributed by atoms with Crippen LogP contribution in [0.4, 0.5) is 0 Å². The fourth-order valence-electron chi connectivity index (χ4n) is 0.866. The van der Waals surface area contributed by atoms with Crippen molar-refractivity contribution >= 4 is 23.2 Å². The summed E-state index contributed by atoms with van der Waals surface area (Å²) in [6.45, 7) is 2.77. The van der Waals surface area contributed by atoms with E-state index in [1.807, 2.05) is 0 Å². The molecule has 3 heteroatoms. The summed E-state index contributed by atoms with van der Waals surface area (Å²) in [6, 6.07) is 0. The van der Waals surface area contributed by atoms with Gasteiger partial charge in [-0.05, 0) is 0 Å². The number of halogens is 2. The quantitative estimate of drug-likeness (QED) is 0.445. The predicted octanol–water partition coefficient (Wildman–Crippen LogP) is 1.66. The van der Waals surface area contributed by atoms with E-state index in [-0.39, 0.29) is 4.84 Å². The molecule has 0 unspecified atom stereocenters. The average molecular weight is 166 g/mol. The zero-order valence-electron chi connectivity index (χ0n) is 5.06. The van der Waals surface area contributed by atoms with Crippen LogP contribution in [0.2, 0.25) is 0 Å². The van der Waals surface area contributed by atoms with Gasteiger partial charge >= 0.3 is 0 Å². The van der Waals surface area contributed by atoms with Crippen LogP contribution < -0.4 is 0 Å². The van der Waals surface area contributed by atoms with Crippen LogP contribution in [-0.2, 0) is 0 Å². The third-order valence-corrected chi connectivity index (χ3v) is 1.57. The Morgan fingerprint density at radius 2 is 1.89 bits per heavy atom. The Morgan fingerprint density at radius 3 is 2.33 bits per heavy atom. The maximum Gasteiger partial charge on any atom is 0.120 e. The van der Waals surface area contributed by atoms with E-state index in [2.05, 4.69) is 17.1 Å². The lowest BCUT2D eigenvalue weighted by atomic mass is 10.6. The molecule has 0 aliphatic carbocycles. The van der Waals surface area contributed by atoms with Crippen molar-refractivity contribution in [3.8, 4) is 0 Å². The maximum absolute atomic E-state index is 5.55. The fraction of sp³-hybridized carbons (Fsp3) is 0.667. The Hall–Kier alpha value is 0.280. The summed E-state index contributed by atoms with van der Waals surface area (Å²) in [6.07, 6.45) is 4.24. The normalized spacial score (nSPS) is 19.9. The molecular formula is C6H9Cl2N. The van der Waals surface area contributed by atoms with Gasteiger partial charge in [-0.2, -0.15) is 0 Å². The van der Waals surface area contributed by atoms with Gasteiger partial charge in [-0.15, -0.1) is 23.2 Å². The highest BCUT2D eigenvalue weighted by molar-refractivity contribution is 6.44. The van der Waals surface area contributed by atoms with Crippen molar-refractivity contribution in [2.45, 2.75) is 4.84 Å². The van der Waals surface area contributed by atoms with E-state index >= 15 is 0 Å². The van der Waals surface area contributed by atoms with Crippen LogP contribution in [0.5, 0.6) is 0 Å². The molecule has 0 bridgehead atoms. The zero-order valence-corrected chi connectivity index (χ0v) is 6.57. The summed E-state index contributed by atoms with van der Waals surface area (Å²) in [4.78, 5) is 1.94. The van der Waals surface area contributed by atoms with Crippen LogP contribution in [0, 0.1) is 0 Å². The molecule has 0 aromatic rings. The van der Waals surface area contributed by atoms with Crippen molar-refractivity contribution in [1.82, 2.24) is 4.90 Å². The molecule has 1 heterocycles. The number of hydrogen-bond donors (Lipinski definition) is 0. The van der Waals surface area contributed by atoms with Crippen LogP contribution in [0.15, 0.2) is 12.2 Å². The first kappa shape index (κ1) is 7.39. The van der Waals surface area contributed by atoms with E-state index in [4.69, 9.17) is 23.2 Å². The second-order valence-electron chi connectivity index (χ2n) is 2.08. The molecule has 0 aromatic carbocycles. The molecule has 0 amide bonds. The van der Waals surface area contributed by atoms with E-state index < -0.39 is 0 Å². The molecule has 52 valence electrons. The summed E-state index contributed by atoms with van der Waals surface area (Å²) in [5.41, 5.74) is 0. The van der Waals surface area contributed by atoms with E-state index in [9.17, 15) is 0 Å². The lowest BCUT2D eigenvalue weighted by molar-refractivity contribution is 0.369. The van der Waals surface area contributed by atoms with Gasteiger partial charge in [0.1, 0.15) is 4.84 Å². The molecule has 1 aliphatic heterocycles. The second-order valence-corrected chi connectivity index (χ2v) is 3.36. The van der Waals surface area contributed by atoms with Gasteiger partial charge in [0.15, 0.2) is 0 Å². The topological polar surface area (TPSA) is 3.24 Å². The number of hydrogen-bond acceptors (Lipinski definition) is 1. The Bertz CT molecular complexity index is 104. The van der Waals surface area contributed by atoms with Gasteiger partial charge in [0.25, 0.3) is 0 Å². The first-order valence-electron chi connectivity index (χ1n) is 2.94. The molecule has 0 radical (unpaired) electrons. The van der Waals surface area contributed by atoms with Crippen LogP contribution >= 0.6 is 23.2 Å². The smallest absolute Gasteiger partial charge is 0.120 e. The Morgan fingerprint density at radius 1 is 1.33 bits per heavy atom. The van der Waals surface area contributed by atoms with Gasteiger partial charge in [-0.1, -0.05) is 12.2 Å². The van der Waals surface area contributed by atoms with Crippen molar-refractivity contribution in [2.24, 2.45) is 0 Å². The van der Waals surface area contributed by atoms with Crippen LogP contribution in [0.25, 0.3) is 0 Å².